The summed E-state index contributed by atoms with van der Waals surface area (Å²) in [6.07, 6.45) is 0.790. The van der Waals surface area contributed by atoms with Crippen molar-refractivity contribution in [3.05, 3.63) is 65.7 Å². The molecule has 2 amide bonds. The number of aliphatic hydroxyl groups is 2. The van der Waals surface area contributed by atoms with E-state index < -0.39 is 5.79 Å². The molecular formula is C25H39N3O5. The highest BCUT2D eigenvalue weighted by Gasteiger charge is 2.26. The van der Waals surface area contributed by atoms with Gasteiger partial charge in [0, 0.05) is 52.8 Å². The first-order chi connectivity index (χ1) is 15.5. The van der Waals surface area contributed by atoms with E-state index in [1.807, 2.05) is 61.5 Å². The van der Waals surface area contributed by atoms with Gasteiger partial charge in [-0.05, 0) is 56.7 Å². The lowest BCUT2D eigenvalue weighted by atomic mass is 10.1. The van der Waals surface area contributed by atoms with Crippen LogP contribution < -0.4 is 15.5 Å². The van der Waals surface area contributed by atoms with Crippen LogP contribution in [0.2, 0.25) is 0 Å². The zero-order valence-corrected chi connectivity index (χ0v) is 19.7. The van der Waals surface area contributed by atoms with Crippen molar-refractivity contribution in [1.29, 1.82) is 0 Å². The maximum Gasteiger partial charge on any atom is 0.251 e. The lowest BCUT2D eigenvalue weighted by molar-refractivity contribution is -0.127. The van der Waals surface area contributed by atoms with Crippen LogP contribution in [-0.4, -0.2) is 67.7 Å². The summed E-state index contributed by atoms with van der Waals surface area (Å²) in [6, 6.07) is 16.7. The summed E-state index contributed by atoms with van der Waals surface area (Å²) >= 11 is 0. The number of amides is 2. The molecule has 0 aromatic heterocycles. The molecule has 33 heavy (non-hydrogen) atoms. The molecule has 1 saturated heterocycles. The van der Waals surface area contributed by atoms with Gasteiger partial charge in [-0.3, -0.25) is 9.59 Å². The van der Waals surface area contributed by atoms with Crippen LogP contribution in [0.25, 0.3) is 0 Å². The van der Waals surface area contributed by atoms with Gasteiger partial charge in [-0.1, -0.05) is 18.2 Å². The molecule has 3 rings (SSSR count). The van der Waals surface area contributed by atoms with Gasteiger partial charge in [-0.2, -0.15) is 0 Å². The van der Waals surface area contributed by atoms with E-state index in [9.17, 15) is 9.59 Å². The summed E-state index contributed by atoms with van der Waals surface area (Å²) in [7, 11) is 3.93. The van der Waals surface area contributed by atoms with Crippen molar-refractivity contribution in [1.82, 2.24) is 10.6 Å². The van der Waals surface area contributed by atoms with Crippen LogP contribution in [0.3, 0.4) is 0 Å². The predicted molar refractivity (Wildman–Crippen MR) is 132 cm³/mol. The van der Waals surface area contributed by atoms with Crippen molar-refractivity contribution in [2.45, 2.75) is 32.2 Å². The Labute approximate surface area is 198 Å². The number of carbonyl (C=O) groups excluding carboxylic acids is 2. The number of anilines is 1. The molecule has 0 spiro atoms. The third kappa shape index (κ3) is 10.0. The summed E-state index contributed by atoms with van der Waals surface area (Å²) in [6.45, 7) is 4.23. The molecule has 1 fully saturated rings. The monoisotopic (exact) mass is 461 g/mol. The number of hydrogen-bond acceptors (Lipinski definition) is 6. The second kappa shape index (κ2) is 12.3. The van der Waals surface area contributed by atoms with Crippen LogP contribution in [0.1, 0.15) is 43.8 Å². The first-order valence-corrected chi connectivity index (χ1v) is 11.0. The third-order valence-electron chi connectivity index (χ3n) is 4.89. The second-order valence-electron chi connectivity index (χ2n) is 8.78. The van der Waals surface area contributed by atoms with E-state index in [4.69, 9.17) is 14.9 Å². The van der Waals surface area contributed by atoms with E-state index in [1.54, 1.807) is 12.1 Å². The molecular weight excluding hydrogens is 422 g/mol. The number of nitrogens with one attached hydrogen (secondary N) is 2. The fraction of sp³-hybridized carbons (Fsp3) is 0.440. The van der Waals surface area contributed by atoms with Crippen LogP contribution in [0.5, 0.6) is 0 Å². The first-order valence-electron chi connectivity index (χ1n) is 11.0. The Bertz CT molecular complexity index is 884. The lowest BCUT2D eigenvalue weighted by Crippen LogP contribution is -2.32. The molecule has 184 valence electrons. The molecule has 1 aliphatic rings. The molecule has 0 aliphatic carbocycles. The van der Waals surface area contributed by atoms with E-state index in [2.05, 4.69) is 10.6 Å². The lowest BCUT2D eigenvalue weighted by Gasteiger charge is -2.14. The molecule has 2 atom stereocenters. The summed E-state index contributed by atoms with van der Waals surface area (Å²) in [5, 5.41) is 22.0. The Balaban J connectivity index is 0.00000150. The highest BCUT2D eigenvalue weighted by molar-refractivity contribution is 5.94. The molecule has 0 unspecified atom stereocenters. The first kappa shape index (κ1) is 26.3. The number of benzene rings is 2. The van der Waals surface area contributed by atoms with Crippen molar-refractivity contribution in [3.8, 4) is 0 Å². The van der Waals surface area contributed by atoms with E-state index in [0.717, 1.165) is 12.1 Å². The fourth-order valence-corrected chi connectivity index (χ4v) is 3.21. The minimum absolute atomic E-state index is 0. The van der Waals surface area contributed by atoms with Gasteiger partial charge in [0.25, 0.3) is 11.8 Å². The van der Waals surface area contributed by atoms with Gasteiger partial charge in [0.1, 0.15) is 0 Å². The van der Waals surface area contributed by atoms with Crippen LogP contribution in [0, 0.1) is 5.92 Å². The van der Waals surface area contributed by atoms with Gasteiger partial charge in [-0.25, -0.2) is 0 Å². The molecule has 1 heterocycles. The number of ether oxygens (including phenoxy) is 1. The molecule has 2 aromatic carbocycles. The van der Waals surface area contributed by atoms with Crippen LogP contribution >= 0.6 is 0 Å². The molecule has 4 N–H and O–H groups in total. The average Bonchev–Trinajstić information content (AvgIpc) is 3.23. The zero-order valence-electron chi connectivity index (χ0n) is 19.7. The molecule has 0 radical (unpaired) electrons. The van der Waals surface area contributed by atoms with Gasteiger partial charge in [0.2, 0.25) is 0 Å². The third-order valence-corrected chi connectivity index (χ3v) is 4.89. The smallest absolute Gasteiger partial charge is 0.251 e. The number of hydrogen-bond donors (Lipinski definition) is 4. The Morgan fingerprint density at radius 2 is 1.48 bits per heavy atom. The van der Waals surface area contributed by atoms with E-state index in [0.29, 0.717) is 30.8 Å². The highest BCUT2D eigenvalue weighted by atomic mass is 16.5. The SMILES string of the molecule is CC(C)(O)O.CN(C)c1ccc(C(=O)NC[C@@H]2C[C@H](CNC(=O)c3ccccc3)CO2)cc1.[HH].[HH]. The average molecular weight is 462 g/mol. The van der Waals surface area contributed by atoms with E-state index in [1.165, 1.54) is 13.8 Å². The van der Waals surface area contributed by atoms with Gasteiger partial charge >= 0.3 is 0 Å². The van der Waals surface area contributed by atoms with Gasteiger partial charge in [0.15, 0.2) is 5.79 Å². The summed E-state index contributed by atoms with van der Waals surface area (Å²) in [5.41, 5.74) is 2.34. The van der Waals surface area contributed by atoms with Crippen molar-refractivity contribution in [3.63, 3.8) is 0 Å². The number of rotatable bonds is 7. The van der Waals surface area contributed by atoms with Gasteiger partial charge in [0.05, 0.1) is 12.7 Å². The summed E-state index contributed by atoms with van der Waals surface area (Å²) in [4.78, 5) is 26.4. The van der Waals surface area contributed by atoms with Crippen LogP contribution in [0.4, 0.5) is 5.69 Å². The minimum Gasteiger partial charge on any atom is -0.378 e. The Morgan fingerprint density at radius 3 is 2.03 bits per heavy atom. The Morgan fingerprint density at radius 1 is 0.970 bits per heavy atom. The predicted octanol–water partition coefficient (Wildman–Crippen LogP) is 2.52. The van der Waals surface area contributed by atoms with Crippen molar-refractivity contribution in [2.75, 3.05) is 38.7 Å². The summed E-state index contributed by atoms with van der Waals surface area (Å²) in [5.74, 6) is -1.41. The Hall–Kier alpha value is -2.94. The molecule has 2 aromatic rings. The molecule has 1 aliphatic heterocycles. The van der Waals surface area contributed by atoms with Crippen molar-refractivity contribution in [2.24, 2.45) is 5.92 Å². The molecule has 0 bridgehead atoms. The van der Waals surface area contributed by atoms with Crippen LogP contribution in [-0.2, 0) is 4.74 Å². The summed E-state index contributed by atoms with van der Waals surface area (Å²) < 4.78 is 5.77. The van der Waals surface area contributed by atoms with Crippen molar-refractivity contribution < 1.29 is 27.4 Å². The maximum absolute atomic E-state index is 12.3. The second-order valence-corrected chi connectivity index (χ2v) is 8.78. The van der Waals surface area contributed by atoms with E-state index >= 15 is 0 Å². The zero-order chi connectivity index (χ0) is 24.4. The van der Waals surface area contributed by atoms with E-state index in [-0.39, 0.29) is 26.7 Å². The number of nitrogens with zero attached hydrogens (tertiary/aromatic N) is 1. The molecule has 8 nitrogen and oxygen atoms in total. The molecule has 8 heteroatoms. The fourth-order valence-electron chi connectivity index (χ4n) is 3.21. The largest absolute Gasteiger partial charge is 0.378 e. The Kier molecular flexibility index (Phi) is 9.84. The maximum atomic E-state index is 12.3. The number of carbonyl (C=O) groups is 2. The normalized spacial score (nSPS) is 17.5. The topological polar surface area (TPSA) is 111 Å². The van der Waals surface area contributed by atoms with Gasteiger partial charge in [-0.15, -0.1) is 0 Å². The standard InChI is InChI=1S/C22H27N3O3.C3H8O2.2H2/c1-25(2)19-10-8-18(9-11-19)22(27)24-14-20-12-16(15-28-20)13-23-21(26)17-6-4-3-5-7-17;1-3(2,4)5;;/h3-11,16,20H,12-15H2,1-2H3,(H,23,26)(H,24,27);4-5H,1-2H3;2*1H/t16-,20+;;;/m1.../s1. The highest BCUT2D eigenvalue weighted by Crippen LogP contribution is 2.19. The molecule has 0 saturated carbocycles. The quantitative estimate of drug-likeness (QED) is 0.472. The van der Waals surface area contributed by atoms with Crippen molar-refractivity contribution >= 4 is 17.5 Å². The van der Waals surface area contributed by atoms with Gasteiger partial charge < -0.3 is 30.5 Å². The minimum atomic E-state index is -1.50. The van der Waals surface area contributed by atoms with Crippen LogP contribution in [0.15, 0.2) is 54.6 Å².